The van der Waals surface area contributed by atoms with Crippen LogP contribution in [-0.2, 0) is 11.2 Å². The van der Waals surface area contributed by atoms with E-state index < -0.39 is 0 Å². The lowest BCUT2D eigenvalue weighted by molar-refractivity contribution is -0.129. The van der Waals surface area contributed by atoms with Gasteiger partial charge < -0.3 is 9.64 Å². The van der Waals surface area contributed by atoms with Crippen LogP contribution in [0.15, 0.2) is 24.3 Å². The van der Waals surface area contributed by atoms with Crippen molar-refractivity contribution >= 4 is 5.91 Å². The molecule has 0 aliphatic heterocycles. The van der Waals surface area contributed by atoms with Gasteiger partial charge >= 0.3 is 0 Å². The Labute approximate surface area is 97.0 Å². The normalized spacial score (nSPS) is 9.94. The van der Waals surface area contributed by atoms with E-state index in [-0.39, 0.29) is 5.91 Å². The lowest BCUT2D eigenvalue weighted by Crippen LogP contribution is -2.27. The fraction of sp³-hybridized carbons (Fsp3) is 0.462. The molecule has 0 saturated carbocycles. The van der Waals surface area contributed by atoms with Gasteiger partial charge in [-0.1, -0.05) is 19.1 Å². The van der Waals surface area contributed by atoms with Crippen molar-refractivity contribution in [3.8, 4) is 5.75 Å². The Morgan fingerprint density at radius 2 is 1.94 bits per heavy atom. The number of carbonyl (C=O) groups is 1. The van der Waals surface area contributed by atoms with Crippen molar-refractivity contribution in [2.75, 3.05) is 20.7 Å². The zero-order valence-corrected chi connectivity index (χ0v) is 10.2. The van der Waals surface area contributed by atoms with E-state index in [2.05, 4.69) is 0 Å². The first-order chi connectivity index (χ1) is 7.67. The molecule has 0 aliphatic rings. The molecule has 3 nitrogen and oxygen atoms in total. The molecule has 0 spiro atoms. The number of benzene rings is 1. The summed E-state index contributed by atoms with van der Waals surface area (Å²) >= 11 is 0. The van der Waals surface area contributed by atoms with E-state index in [9.17, 15) is 4.79 Å². The van der Waals surface area contributed by atoms with Gasteiger partial charge in [0, 0.05) is 20.0 Å². The highest BCUT2D eigenvalue weighted by Crippen LogP contribution is 2.11. The highest BCUT2D eigenvalue weighted by Gasteiger charge is 2.05. The Morgan fingerprint density at radius 1 is 1.31 bits per heavy atom. The van der Waals surface area contributed by atoms with Gasteiger partial charge in [0.25, 0.3) is 0 Å². The number of hydrogen-bond acceptors (Lipinski definition) is 2. The van der Waals surface area contributed by atoms with Crippen LogP contribution in [0.2, 0.25) is 0 Å². The first-order valence-corrected chi connectivity index (χ1v) is 5.54. The molecule has 0 bridgehead atoms. The van der Waals surface area contributed by atoms with Crippen LogP contribution in [0.5, 0.6) is 5.75 Å². The molecular weight excluding hydrogens is 202 g/mol. The lowest BCUT2D eigenvalue weighted by Gasteiger charge is -2.16. The van der Waals surface area contributed by atoms with E-state index in [1.54, 1.807) is 12.0 Å². The van der Waals surface area contributed by atoms with Crippen LogP contribution in [0.3, 0.4) is 0 Å². The molecule has 88 valence electrons. The van der Waals surface area contributed by atoms with E-state index in [1.165, 1.54) is 5.56 Å². The van der Waals surface area contributed by atoms with Crippen LogP contribution in [0.25, 0.3) is 0 Å². The van der Waals surface area contributed by atoms with Gasteiger partial charge in [0.2, 0.25) is 5.91 Å². The van der Waals surface area contributed by atoms with Crippen LogP contribution in [0, 0.1) is 0 Å². The smallest absolute Gasteiger partial charge is 0.222 e. The van der Waals surface area contributed by atoms with Gasteiger partial charge in [0.15, 0.2) is 0 Å². The van der Waals surface area contributed by atoms with E-state index in [0.717, 1.165) is 18.7 Å². The van der Waals surface area contributed by atoms with Crippen LogP contribution in [0.1, 0.15) is 18.9 Å². The number of amides is 1. The van der Waals surface area contributed by atoms with Crippen LogP contribution < -0.4 is 4.74 Å². The molecule has 0 radical (unpaired) electrons. The maximum atomic E-state index is 11.3. The molecule has 3 heteroatoms. The first-order valence-electron chi connectivity index (χ1n) is 5.54. The fourth-order valence-corrected chi connectivity index (χ4v) is 1.48. The van der Waals surface area contributed by atoms with Gasteiger partial charge in [-0.25, -0.2) is 0 Å². The van der Waals surface area contributed by atoms with Crippen LogP contribution in [-0.4, -0.2) is 31.5 Å². The average Bonchev–Trinajstić information content (AvgIpc) is 2.35. The van der Waals surface area contributed by atoms with Gasteiger partial charge in [-0.3, -0.25) is 4.79 Å². The van der Waals surface area contributed by atoms with Gasteiger partial charge in [0.05, 0.1) is 7.11 Å². The zero-order chi connectivity index (χ0) is 12.0. The molecule has 0 fully saturated rings. The number of hydrogen-bond donors (Lipinski definition) is 0. The summed E-state index contributed by atoms with van der Waals surface area (Å²) in [7, 11) is 3.50. The largest absolute Gasteiger partial charge is 0.497 e. The Balaban J connectivity index is 2.45. The maximum Gasteiger partial charge on any atom is 0.222 e. The molecule has 0 unspecified atom stereocenters. The third kappa shape index (κ3) is 3.57. The quantitative estimate of drug-likeness (QED) is 0.762. The summed E-state index contributed by atoms with van der Waals surface area (Å²) in [5.41, 5.74) is 1.22. The van der Waals surface area contributed by atoms with Crippen molar-refractivity contribution in [1.29, 1.82) is 0 Å². The fourth-order valence-electron chi connectivity index (χ4n) is 1.48. The molecule has 0 aliphatic carbocycles. The van der Waals surface area contributed by atoms with Crippen molar-refractivity contribution in [1.82, 2.24) is 4.90 Å². The topological polar surface area (TPSA) is 29.5 Å². The number of carbonyl (C=O) groups excluding carboxylic acids is 1. The second-order valence-corrected chi connectivity index (χ2v) is 3.77. The second kappa shape index (κ2) is 6.16. The minimum absolute atomic E-state index is 0.188. The molecule has 0 atom stereocenters. The van der Waals surface area contributed by atoms with Crippen molar-refractivity contribution in [3.05, 3.63) is 29.8 Å². The average molecular weight is 221 g/mol. The maximum absolute atomic E-state index is 11.3. The van der Waals surface area contributed by atoms with Crippen molar-refractivity contribution in [3.63, 3.8) is 0 Å². The molecule has 0 saturated heterocycles. The number of likely N-dealkylation sites (N-methyl/N-ethyl adjacent to an activating group) is 1. The third-order valence-corrected chi connectivity index (χ3v) is 2.62. The molecule has 1 amide bonds. The minimum atomic E-state index is 0.188. The van der Waals surface area contributed by atoms with Crippen LogP contribution in [0.4, 0.5) is 0 Å². The van der Waals surface area contributed by atoms with E-state index >= 15 is 0 Å². The summed E-state index contributed by atoms with van der Waals surface area (Å²) in [5, 5.41) is 0. The van der Waals surface area contributed by atoms with Crippen molar-refractivity contribution in [2.24, 2.45) is 0 Å². The number of nitrogens with zero attached hydrogens (tertiary/aromatic N) is 1. The molecule has 16 heavy (non-hydrogen) atoms. The highest BCUT2D eigenvalue weighted by molar-refractivity contribution is 5.75. The molecule has 1 aromatic rings. The number of methoxy groups -OCH3 is 1. The minimum Gasteiger partial charge on any atom is -0.497 e. The van der Waals surface area contributed by atoms with Crippen molar-refractivity contribution in [2.45, 2.75) is 19.8 Å². The van der Waals surface area contributed by atoms with Crippen molar-refractivity contribution < 1.29 is 9.53 Å². The summed E-state index contributed by atoms with van der Waals surface area (Å²) in [6, 6.07) is 7.94. The van der Waals surface area contributed by atoms with Gasteiger partial charge in [-0.15, -0.1) is 0 Å². The predicted octanol–water partition coefficient (Wildman–Crippen LogP) is 2.11. The standard InChI is InChI=1S/C13H19NO2/c1-4-13(15)14(2)10-9-11-5-7-12(16-3)8-6-11/h5-8H,4,9-10H2,1-3H3. The number of rotatable bonds is 5. The molecule has 0 N–H and O–H groups in total. The lowest BCUT2D eigenvalue weighted by atomic mass is 10.1. The summed E-state index contributed by atoms with van der Waals surface area (Å²) < 4.78 is 5.09. The Hall–Kier alpha value is -1.51. The van der Waals surface area contributed by atoms with E-state index in [0.29, 0.717) is 6.42 Å². The van der Waals surface area contributed by atoms with Gasteiger partial charge in [-0.2, -0.15) is 0 Å². The summed E-state index contributed by atoms with van der Waals surface area (Å²) in [4.78, 5) is 13.1. The second-order valence-electron chi connectivity index (χ2n) is 3.77. The summed E-state index contributed by atoms with van der Waals surface area (Å²) in [6.07, 6.45) is 1.45. The first kappa shape index (κ1) is 12.6. The third-order valence-electron chi connectivity index (χ3n) is 2.62. The zero-order valence-electron chi connectivity index (χ0n) is 10.2. The molecule has 1 rings (SSSR count). The highest BCUT2D eigenvalue weighted by atomic mass is 16.5. The van der Waals surface area contributed by atoms with Gasteiger partial charge in [0.1, 0.15) is 5.75 Å². The molecule has 1 aromatic carbocycles. The Kier molecular flexibility index (Phi) is 4.83. The Bertz CT molecular complexity index is 332. The van der Waals surface area contributed by atoms with E-state index in [1.807, 2.05) is 38.2 Å². The Morgan fingerprint density at radius 3 is 2.44 bits per heavy atom. The molecular formula is C13H19NO2. The SMILES string of the molecule is CCC(=O)N(C)CCc1ccc(OC)cc1. The van der Waals surface area contributed by atoms with Crippen LogP contribution >= 0.6 is 0 Å². The number of ether oxygens (including phenoxy) is 1. The monoisotopic (exact) mass is 221 g/mol. The predicted molar refractivity (Wildman–Crippen MR) is 64.6 cm³/mol. The summed E-state index contributed by atoms with van der Waals surface area (Å²) in [6.45, 7) is 2.64. The summed E-state index contributed by atoms with van der Waals surface area (Å²) in [5.74, 6) is 1.05. The molecule has 0 heterocycles. The molecule has 0 aromatic heterocycles. The van der Waals surface area contributed by atoms with Gasteiger partial charge in [-0.05, 0) is 24.1 Å². The van der Waals surface area contributed by atoms with E-state index in [4.69, 9.17) is 4.74 Å².